The van der Waals surface area contributed by atoms with Crippen molar-refractivity contribution in [1.82, 2.24) is 4.98 Å². The van der Waals surface area contributed by atoms with Gasteiger partial charge in [0.1, 0.15) is 5.75 Å². The molecular formula is C18H20N2OS. The maximum absolute atomic E-state index is 5.65. The van der Waals surface area contributed by atoms with E-state index < -0.39 is 0 Å². The molecule has 2 heterocycles. The van der Waals surface area contributed by atoms with Gasteiger partial charge in [-0.1, -0.05) is 24.1 Å². The van der Waals surface area contributed by atoms with E-state index in [9.17, 15) is 0 Å². The van der Waals surface area contributed by atoms with Crippen molar-refractivity contribution in [2.45, 2.75) is 26.0 Å². The van der Waals surface area contributed by atoms with Crippen LogP contribution in [0.2, 0.25) is 0 Å². The van der Waals surface area contributed by atoms with Crippen LogP contribution in [0.4, 0.5) is 5.69 Å². The molecule has 0 N–H and O–H groups in total. The summed E-state index contributed by atoms with van der Waals surface area (Å²) in [4.78, 5) is 9.26. The average molecular weight is 312 g/mol. The molecule has 0 fully saturated rings. The molecule has 1 aromatic heterocycles. The zero-order valence-corrected chi connectivity index (χ0v) is 13.8. The SMILES string of the molecule is C=S(Cc1nccc(OCC)c1C)C1=Nc2ccccc2C1. The molecule has 4 heteroatoms. The maximum atomic E-state index is 5.65. The largest absolute Gasteiger partial charge is 0.493 e. The standard InChI is InChI=1S/C18H20N2OS/c1-4-21-17-9-10-19-16(13(17)2)12-22(3)18-11-14-7-5-6-8-15(14)20-18/h5-10H,3-4,11-12H2,1-2H3. The Hall–Kier alpha value is -1.94. The Balaban J connectivity index is 1.78. The molecule has 0 spiro atoms. The zero-order chi connectivity index (χ0) is 15.5. The van der Waals surface area contributed by atoms with Crippen LogP contribution < -0.4 is 4.74 Å². The lowest BCUT2D eigenvalue weighted by Gasteiger charge is -2.12. The minimum atomic E-state index is -0.163. The number of ether oxygens (including phenoxy) is 1. The van der Waals surface area contributed by atoms with Crippen molar-refractivity contribution in [3.63, 3.8) is 0 Å². The smallest absolute Gasteiger partial charge is 0.125 e. The molecular weight excluding hydrogens is 292 g/mol. The van der Waals surface area contributed by atoms with Gasteiger partial charge >= 0.3 is 0 Å². The molecule has 0 saturated carbocycles. The summed E-state index contributed by atoms with van der Waals surface area (Å²) in [5, 5.41) is 1.17. The highest BCUT2D eigenvalue weighted by Gasteiger charge is 2.17. The number of pyridine rings is 1. The molecule has 3 rings (SSSR count). The van der Waals surface area contributed by atoms with E-state index in [1.807, 2.05) is 25.3 Å². The number of rotatable bonds is 4. The van der Waals surface area contributed by atoms with Crippen molar-refractivity contribution < 1.29 is 4.74 Å². The van der Waals surface area contributed by atoms with Gasteiger partial charge < -0.3 is 4.74 Å². The Morgan fingerprint density at radius 2 is 2.09 bits per heavy atom. The summed E-state index contributed by atoms with van der Waals surface area (Å²) in [5.41, 5.74) is 4.56. The highest BCUT2D eigenvalue weighted by atomic mass is 32.2. The Morgan fingerprint density at radius 3 is 2.86 bits per heavy atom. The highest BCUT2D eigenvalue weighted by molar-refractivity contribution is 8.26. The number of aromatic nitrogens is 1. The number of hydrogen-bond acceptors (Lipinski definition) is 3. The number of aliphatic imine (C=N–C) groups is 1. The lowest BCUT2D eigenvalue weighted by atomic mass is 10.2. The van der Waals surface area contributed by atoms with Crippen LogP contribution in [0, 0.1) is 6.92 Å². The van der Waals surface area contributed by atoms with Crippen LogP contribution in [-0.2, 0) is 12.2 Å². The molecule has 3 nitrogen and oxygen atoms in total. The van der Waals surface area contributed by atoms with Gasteiger partial charge in [0, 0.05) is 23.9 Å². The molecule has 1 aliphatic heterocycles. The van der Waals surface area contributed by atoms with Gasteiger partial charge in [0.05, 0.1) is 23.0 Å². The first kappa shape index (κ1) is 15.0. The number of hydrogen-bond donors (Lipinski definition) is 0. The first-order chi connectivity index (χ1) is 10.7. The minimum absolute atomic E-state index is 0.163. The molecule has 0 amide bonds. The van der Waals surface area contributed by atoms with Gasteiger partial charge in [0.2, 0.25) is 0 Å². The topological polar surface area (TPSA) is 34.5 Å². The lowest BCUT2D eigenvalue weighted by molar-refractivity contribution is 0.337. The predicted octanol–water partition coefficient (Wildman–Crippen LogP) is 4.28. The van der Waals surface area contributed by atoms with Gasteiger partial charge in [-0.05, 0) is 31.5 Å². The van der Waals surface area contributed by atoms with Crippen molar-refractivity contribution in [3.8, 4) is 5.75 Å². The van der Waals surface area contributed by atoms with E-state index in [0.29, 0.717) is 6.61 Å². The first-order valence-electron chi connectivity index (χ1n) is 7.42. The Kier molecular flexibility index (Phi) is 4.39. The third-order valence-electron chi connectivity index (χ3n) is 3.78. The molecule has 1 aromatic carbocycles. The summed E-state index contributed by atoms with van der Waals surface area (Å²) in [6, 6.07) is 10.2. The monoisotopic (exact) mass is 312 g/mol. The first-order valence-corrected chi connectivity index (χ1v) is 8.98. The second-order valence-electron chi connectivity index (χ2n) is 5.26. The van der Waals surface area contributed by atoms with E-state index in [1.54, 1.807) is 0 Å². The van der Waals surface area contributed by atoms with E-state index >= 15 is 0 Å². The van der Waals surface area contributed by atoms with Crippen molar-refractivity contribution in [3.05, 3.63) is 53.3 Å². The fourth-order valence-corrected chi connectivity index (χ4v) is 3.91. The second kappa shape index (κ2) is 6.44. The van der Waals surface area contributed by atoms with E-state index in [0.717, 1.165) is 34.9 Å². The van der Waals surface area contributed by atoms with Crippen molar-refractivity contribution >= 4 is 27.1 Å². The van der Waals surface area contributed by atoms with Crippen LogP contribution >= 0.6 is 10.5 Å². The molecule has 2 aromatic rings. The van der Waals surface area contributed by atoms with Gasteiger partial charge in [0.25, 0.3) is 0 Å². The Morgan fingerprint density at radius 1 is 1.27 bits per heavy atom. The summed E-state index contributed by atoms with van der Waals surface area (Å²) in [7, 11) is -0.163. The third-order valence-corrected chi connectivity index (χ3v) is 5.31. The van der Waals surface area contributed by atoms with Crippen LogP contribution in [0.1, 0.15) is 23.7 Å². The molecule has 114 valence electrons. The molecule has 0 bridgehead atoms. The predicted molar refractivity (Wildman–Crippen MR) is 95.8 cm³/mol. The van der Waals surface area contributed by atoms with Crippen LogP contribution in [-0.4, -0.2) is 22.5 Å². The molecule has 1 unspecified atom stereocenters. The summed E-state index contributed by atoms with van der Waals surface area (Å²) in [6.07, 6.45) is 2.72. The fraction of sp³-hybridized carbons (Fsp3) is 0.278. The summed E-state index contributed by atoms with van der Waals surface area (Å²) in [5.74, 6) is 6.07. The number of fused-ring (bicyclic) bond motifs is 1. The highest BCUT2D eigenvalue weighted by Crippen LogP contribution is 2.34. The Labute approximate surface area is 134 Å². The van der Waals surface area contributed by atoms with Gasteiger partial charge in [0.15, 0.2) is 0 Å². The molecule has 0 aliphatic carbocycles. The van der Waals surface area contributed by atoms with E-state index in [2.05, 4.69) is 36.0 Å². The lowest BCUT2D eigenvalue weighted by Crippen LogP contribution is -2.02. The molecule has 1 aliphatic rings. The quantitative estimate of drug-likeness (QED) is 0.790. The van der Waals surface area contributed by atoms with Gasteiger partial charge in [-0.25, -0.2) is 4.99 Å². The van der Waals surface area contributed by atoms with Gasteiger partial charge in [-0.15, -0.1) is 10.5 Å². The van der Waals surface area contributed by atoms with Crippen LogP contribution in [0.25, 0.3) is 0 Å². The molecule has 1 atom stereocenters. The average Bonchev–Trinajstić information content (AvgIpc) is 2.95. The molecule has 0 radical (unpaired) electrons. The van der Waals surface area contributed by atoms with E-state index in [4.69, 9.17) is 9.73 Å². The summed E-state index contributed by atoms with van der Waals surface area (Å²) in [6.45, 7) is 4.73. The van der Waals surface area contributed by atoms with Crippen LogP contribution in [0.3, 0.4) is 0 Å². The second-order valence-corrected chi connectivity index (χ2v) is 7.01. The Bertz CT molecular complexity index is 753. The molecule has 22 heavy (non-hydrogen) atoms. The number of nitrogens with zero attached hydrogens (tertiary/aromatic N) is 2. The summed E-state index contributed by atoms with van der Waals surface area (Å²) >= 11 is 0. The minimum Gasteiger partial charge on any atom is -0.493 e. The van der Waals surface area contributed by atoms with Gasteiger partial charge in [-0.2, -0.15) is 0 Å². The molecule has 0 saturated heterocycles. The fourth-order valence-electron chi connectivity index (χ4n) is 2.54. The summed E-state index contributed by atoms with van der Waals surface area (Å²) < 4.78 is 5.65. The number of benzene rings is 1. The van der Waals surface area contributed by atoms with Gasteiger partial charge in [-0.3, -0.25) is 4.98 Å². The number of para-hydroxylation sites is 1. The van der Waals surface area contributed by atoms with Crippen LogP contribution in [0.15, 0.2) is 41.5 Å². The van der Waals surface area contributed by atoms with Crippen LogP contribution in [0.5, 0.6) is 5.75 Å². The van der Waals surface area contributed by atoms with E-state index in [1.165, 1.54) is 10.6 Å². The van der Waals surface area contributed by atoms with E-state index in [-0.39, 0.29) is 10.5 Å². The van der Waals surface area contributed by atoms with Crippen molar-refractivity contribution in [2.24, 2.45) is 4.99 Å². The maximum Gasteiger partial charge on any atom is 0.125 e. The third kappa shape index (κ3) is 2.97. The zero-order valence-electron chi connectivity index (χ0n) is 13.0. The normalized spacial score (nSPS) is 14.4. The van der Waals surface area contributed by atoms with Crippen molar-refractivity contribution in [1.29, 1.82) is 0 Å². The van der Waals surface area contributed by atoms with Crippen molar-refractivity contribution in [2.75, 3.05) is 6.61 Å².